The third-order valence-corrected chi connectivity index (χ3v) is 3.26. The first-order valence-electron chi connectivity index (χ1n) is 6.66. The van der Waals surface area contributed by atoms with Crippen LogP contribution >= 0.6 is 0 Å². The van der Waals surface area contributed by atoms with Gasteiger partial charge >= 0.3 is 11.7 Å². The molecule has 1 N–H and O–H groups in total. The Kier molecular flexibility index (Phi) is 4.49. The zero-order valence-electron chi connectivity index (χ0n) is 12.5. The number of carbonyl (C=O) groups is 1. The molecule has 0 atom stereocenters. The van der Waals surface area contributed by atoms with Crippen LogP contribution in [-0.2, 0) is 9.53 Å². The summed E-state index contributed by atoms with van der Waals surface area (Å²) in [4.78, 5) is 21.5. The van der Waals surface area contributed by atoms with E-state index in [0.717, 1.165) is 0 Å². The minimum atomic E-state index is -0.507. The Balaban J connectivity index is 2.27. The van der Waals surface area contributed by atoms with Gasteiger partial charge in [-0.05, 0) is 30.7 Å². The Labute approximate surface area is 125 Å². The second-order valence-electron chi connectivity index (χ2n) is 4.73. The number of fused-ring (bicyclic) bond motifs is 1. The summed E-state index contributed by atoms with van der Waals surface area (Å²) in [5.41, 5.74) is 1.72. The molecule has 0 radical (unpaired) electrons. The molecular formula is C12H16N6O4. The van der Waals surface area contributed by atoms with E-state index >= 15 is 0 Å². The molecule has 0 saturated carbocycles. The highest BCUT2D eigenvalue weighted by atomic mass is 16.6. The van der Waals surface area contributed by atoms with E-state index in [1.54, 1.807) is 13.8 Å². The van der Waals surface area contributed by atoms with E-state index in [9.17, 15) is 14.9 Å². The van der Waals surface area contributed by atoms with Crippen LogP contribution in [0.5, 0.6) is 0 Å². The highest BCUT2D eigenvalue weighted by molar-refractivity contribution is 5.78. The Morgan fingerprint density at radius 1 is 1.45 bits per heavy atom. The van der Waals surface area contributed by atoms with Gasteiger partial charge in [-0.1, -0.05) is 0 Å². The number of anilines is 1. The van der Waals surface area contributed by atoms with E-state index in [4.69, 9.17) is 4.74 Å². The summed E-state index contributed by atoms with van der Waals surface area (Å²) in [5, 5.41) is 25.3. The molecule has 0 unspecified atom stereocenters. The summed E-state index contributed by atoms with van der Waals surface area (Å²) in [6, 6.07) is 0. The molecule has 0 aliphatic rings. The fourth-order valence-electron chi connectivity index (χ4n) is 2.08. The maximum absolute atomic E-state index is 11.4. The Morgan fingerprint density at radius 3 is 2.82 bits per heavy atom. The molecule has 0 bridgehead atoms. The molecule has 0 aliphatic heterocycles. The zero-order valence-corrected chi connectivity index (χ0v) is 12.5. The van der Waals surface area contributed by atoms with Gasteiger partial charge in [0.1, 0.15) is 5.69 Å². The van der Waals surface area contributed by atoms with Crippen molar-refractivity contribution in [2.75, 3.05) is 18.5 Å². The van der Waals surface area contributed by atoms with Crippen LogP contribution in [0.3, 0.4) is 0 Å². The maximum atomic E-state index is 11.4. The monoisotopic (exact) mass is 308 g/mol. The van der Waals surface area contributed by atoms with Crippen molar-refractivity contribution >= 4 is 23.0 Å². The predicted octanol–water partition coefficient (Wildman–Crippen LogP) is 1.01. The lowest BCUT2D eigenvalue weighted by molar-refractivity contribution is -0.382. The number of aryl methyl sites for hydroxylation is 1. The number of nitro groups is 1. The Morgan fingerprint density at radius 2 is 2.18 bits per heavy atom. The van der Waals surface area contributed by atoms with Gasteiger partial charge in [-0.25, -0.2) is 0 Å². The number of pyridine rings is 1. The molecular weight excluding hydrogens is 292 g/mol. The third kappa shape index (κ3) is 2.95. The number of aromatic nitrogens is 4. The molecule has 2 rings (SSSR count). The average molecular weight is 308 g/mol. The second-order valence-corrected chi connectivity index (χ2v) is 4.73. The molecule has 10 nitrogen and oxygen atoms in total. The van der Waals surface area contributed by atoms with Gasteiger partial charge < -0.3 is 10.1 Å². The van der Waals surface area contributed by atoms with Crippen molar-refractivity contribution in [3.8, 4) is 0 Å². The molecule has 2 aromatic heterocycles. The number of carbonyl (C=O) groups excluding carboxylic acids is 1. The minimum Gasteiger partial charge on any atom is -0.466 e. The van der Waals surface area contributed by atoms with Gasteiger partial charge in [0.2, 0.25) is 0 Å². The summed E-state index contributed by atoms with van der Waals surface area (Å²) >= 11 is 0. The zero-order chi connectivity index (χ0) is 16.3. The number of rotatable bonds is 6. The number of ether oxygens (including phenoxy) is 1. The van der Waals surface area contributed by atoms with E-state index < -0.39 is 4.92 Å². The highest BCUT2D eigenvalue weighted by Crippen LogP contribution is 2.33. The molecule has 2 aromatic rings. The second kappa shape index (κ2) is 6.33. The van der Waals surface area contributed by atoms with E-state index in [1.165, 1.54) is 11.4 Å². The van der Waals surface area contributed by atoms with Gasteiger partial charge in [0.05, 0.1) is 11.5 Å². The lowest BCUT2D eigenvalue weighted by Crippen LogP contribution is -2.12. The Hall–Kier alpha value is -2.78. The van der Waals surface area contributed by atoms with Gasteiger partial charge in [-0.15, -0.1) is 5.10 Å². The van der Waals surface area contributed by atoms with Crippen LogP contribution in [0.15, 0.2) is 0 Å². The maximum Gasteiger partial charge on any atom is 0.338 e. The third-order valence-electron chi connectivity index (χ3n) is 3.26. The van der Waals surface area contributed by atoms with E-state index in [2.05, 4.69) is 20.8 Å². The van der Waals surface area contributed by atoms with Crippen LogP contribution in [-0.4, -0.2) is 44.1 Å². The van der Waals surface area contributed by atoms with Crippen molar-refractivity contribution in [2.45, 2.75) is 27.2 Å². The van der Waals surface area contributed by atoms with E-state index in [0.29, 0.717) is 29.9 Å². The molecule has 0 saturated heterocycles. The largest absolute Gasteiger partial charge is 0.466 e. The average Bonchev–Trinajstić information content (AvgIpc) is 2.92. The summed E-state index contributed by atoms with van der Waals surface area (Å²) in [6.07, 6.45) is 0.533. The minimum absolute atomic E-state index is 0.0931. The Bertz CT molecular complexity index is 726. The smallest absolute Gasteiger partial charge is 0.338 e. The molecule has 10 heteroatoms. The standard InChI is InChI=1S/C12H16N6O4/c1-7-8(2)17-12(14-15-16-17)11(18(20)21)10(7)13-5-4-6-22-9(3)19/h13H,4-6H2,1-3H3. The number of esters is 1. The van der Waals surface area contributed by atoms with Crippen LogP contribution in [0.25, 0.3) is 5.65 Å². The number of nitrogens with zero attached hydrogens (tertiary/aromatic N) is 5. The van der Waals surface area contributed by atoms with Crippen molar-refractivity contribution in [3.63, 3.8) is 0 Å². The summed E-state index contributed by atoms with van der Waals surface area (Å²) in [5.74, 6) is -0.353. The summed E-state index contributed by atoms with van der Waals surface area (Å²) in [7, 11) is 0. The van der Waals surface area contributed by atoms with Crippen LogP contribution < -0.4 is 5.32 Å². The van der Waals surface area contributed by atoms with E-state index in [-0.39, 0.29) is 23.9 Å². The SMILES string of the molecule is CC(=O)OCCCNc1c(C)c(C)n2nnnc2c1[N+](=O)[O-]. The summed E-state index contributed by atoms with van der Waals surface area (Å²) in [6.45, 7) is 5.55. The lowest BCUT2D eigenvalue weighted by atomic mass is 10.1. The molecule has 0 aliphatic carbocycles. The molecule has 118 valence electrons. The number of hydrogen-bond donors (Lipinski definition) is 1. The predicted molar refractivity (Wildman–Crippen MR) is 76.7 cm³/mol. The molecule has 0 amide bonds. The quantitative estimate of drug-likeness (QED) is 0.363. The first-order chi connectivity index (χ1) is 10.4. The fraction of sp³-hybridized carbons (Fsp3) is 0.500. The van der Waals surface area contributed by atoms with Crippen molar-refractivity contribution in [2.24, 2.45) is 0 Å². The van der Waals surface area contributed by atoms with Crippen LogP contribution in [0, 0.1) is 24.0 Å². The summed E-state index contributed by atoms with van der Waals surface area (Å²) < 4.78 is 6.16. The normalized spacial score (nSPS) is 10.7. The van der Waals surface area contributed by atoms with Gasteiger partial charge in [-0.3, -0.25) is 14.9 Å². The fourth-order valence-corrected chi connectivity index (χ4v) is 2.08. The van der Waals surface area contributed by atoms with Crippen molar-refractivity contribution in [1.82, 2.24) is 20.0 Å². The van der Waals surface area contributed by atoms with Gasteiger partial charge in [0.25, 0.3) is 5.65 Å². The first-order valence-corrected chi connectivity index (χ1v) is 6.66. The van der Waals surface area contributed by atoms with Crippen LogP contribution in [0.1, 0.15) is 24.6 Å². The first kappa shape index (κ1) is 15.6. The number of nitrogens with one attached hydrogen (secondary N) is 1. The highest BCUT2D eigenvalue weighted by Gasteiger charge is 2.26. The van der Waals surface area contributed by atoms with Crippen LogP contribution in [0.4, 0.5) is 11.4 Å². The van der Waals surface area contributed by atoms with Gasteiger partial charge in [-0.2, -0.15) is 4.52 Å². The molecule has 22 heavy (non-hydrogen) atoms. The lowest BCUT2D eigenvalue weighted by Gasteiger charge is -2.12. The topological polar surface area (TPSA) is 125 Å². The molecule has 2 heterocycles. The molecule has 0 spiro atoms. The van der Waals surface area contributed by atoms with Crippen LogP contribution in [0.2, 0.25) is 0 Å². The molecule has 0 aromatic carbocycles. The van der Waals surface area contributed by atoms with Gasteiger partial charge in [0, 0.05) is 24.7 Å². The van der Waals surface area contributed by atoms with Crippen molar-refractivity contribution < 1.29 is 14.5 Å². The molecule has 0 fully saturated rings. The van der Waals surface area contributed by atoms with Crippen molar-refractivity contribution in [3.05, 3.63) is 21.4 Å². The van der Waals surface area contributed by atoms with Crippen molar-refractivity contribution in [1.29, 1.82) is 0 Å². The van der Waals surface area contributed by atoms with Gasteiger partial charge in [0.15, 0.2) is 0 Å². The number of hydrogen-bond acceptors (Lipinski definition) is 8. The van der Waals surface area contributed by atoms with E-state index in [1.807, 2.05) is 0 Å². The number of tetrazole rings is 1.